The molecule has 14 heavy (non-hydrogen) atoms. The predicted octanol–water partition coefficient (Wildman–Crippen LogP) is 2.11. The molecular formula is C12H18N2. The highest BCUT2D eigenvalue weighted by Gasteiger charge is 2.26. The smallest absolute Gasteiger partial charge is 0.0270 e. The molecule has 2 nitrogen and oxygen atoms in total. The van der Waals surface area contributed by atoms with Crippen LogP contribution in [-0.4, -0.2) is 17.6 Å². The van der Waals surface area contributed by atoms with Gasteiger partial charge in [0.25, 0.3) is 0 Å². The maximum Gasteiger partial charge on any atom is 0.0270 e. The summed E-state index contributed by atoms with van der Waals surface area (Å²) < 4.78 is 0. The lowest BCUT2D eigenvalue weighted by atomic mass is 9.85. The third kappa shape index (κ3) is 2.32. The SMILES string of the molecule is CC(C)(CNC1CC1)c1ccncc1. The monoisotopic (exact) mass is 190 g/mol. The van der Waals surface area contributed by atoms with Gasteiger partial charge in [-0.15, -0.1) is 0 Å². The van der Waals surface area contributed by atoms with Gasteiger partial charge in [0.05, 0.1) is 0 Å². The molecule has 1 aliphatic carbocycles. The average molecular weight is 190 g/mol. The van der Waals surface area contributed by atoms with E-state index in [4.69, 9.17) is 0 Å². The first-order valence-electron chi connectivity index (χ1n) is 5.32. The van der Waals surface area contributed by atoms with Gasteiger partial charge in [-0.2, -0.15) is 0 Å². The van der Waals surface area contributed by atoms with Crippen molar-refractivity contribution in [1.82, 2.24) is 10.3 Å². The Labute approximate surface area is 85.7 Å². The highest BCUT2D eigenvalue weighted by atomic mass is 15.0. The Balaban J connectivity index is 1.99. The van der Waals surface area contributed by atoms with Crippen LogP contribution in [0.4, 0.5) is 0 Å². The Morgan fingerprint density at radius 1 is 1.36 bits per heavy atom. The standard InChI is InChI=1S/C12H18N2/c1-12(2,9-14-11-3-4-11)10-5-7-13-8-6-10/h5-8,11,14H,3-4,9H2,1-2H3. The molecular weight excluding hydrogens is 172 g/mol. The fraction of sp³-hybridized carbons (Fsp3) is 0.583. The summed E-state index contributed by atoms with van der Waals surface area (Å²) in [6.07, 6.45) is 6.45. The van der Waals surface area contributed by atoms with Crippen molar-refractivity contribution in [1.29, 1.82) is 0 Å². The minimum atomic E-state index is 0.214. The number of nitrogens with zero attached hydrogens (tertiary/aromatic N) is 1. The Morgan fingerprint density at radius 2 is 2.00 bits per heavy atom. The number of aromatic nitrogens is 1. The number of rotatable bonds is 4. The van der Waals surface area contributed by atoms with Crippen molar-refractivity contribution < 1.29 is 0 Å². The number of pyridine rings is 1. The molecule has 0 spiro atoms. The van der Waals surface area contributed by atoms with Crippen molar-refractivity contribution in [2.24, 2.45) is 0 Å². The van der Waals surface area contributed by atoms with Crippen LogP contribution in [0.3, 0.4) is 0 Å². The number of hydrogen-bond acceptors (Lipinski definition) is 2. The summed E-state index contributed by atoms with van der Waals surface area (Å²) in [6.45, 7) is 5.61. The van der Waals surface area contributed by atoms with Gasteiger partial charge in [-0.1, -0.05) is 13.8 Å². The maximum atomic E-state index is 4.05. The van der Waals surface area contributed by atoms with E-state index < -0.39 is 0 Å². The zero-order chi connectivity index (χ0) is 10.0. The predicted molar refractivity (Wildman–Crippen MR) is 58.3 cm³/mol. The fourth-order valence-corrected chi connectivity index (χ4v) is 1.59. The van der Waals surface area contributed by atoms with Crippen LogP contribution in [0.5, 0.6) is 0 Å². The molecule has 1 saturated carbocycles. The lowest BCUT2D eigenvalue weighted by Gasteiger charge is -2.25. The quantitative estimate of drug-likeness (QED) is 0.786. The van der Waals surface area contributed by atoms with E-state index in [0.29, 0.717) is 0 Å². The maximum absolute atomic E-state index is 4.05. The minimum Gasteiger partial charge on any atom is -0.313 e. The largest absolute Gasteiger partial charge is 0.313 e. The first-order chi connectivity index (χ1) is 6.68. The fourth-order valence-electron chi connectivity index (χ4n) is 1.59. The Morgan fingerprint density at radius 3 is 2.57 bits per heavy atom. The molecule has 1 aromatic rings. The van der Waals surface area contributed by atoms with Crippen molar-refractivity contribution in [3.05, 3.63) is 30.1 Å². The molecule has 76 valence electrons. The molecule has 2 heteroatoms. The van der Waals surface area contributed by atoms with Crippen LogP contribution in [0.2, 0.25) is 0 Å². The highest BCUT2D eigenvalue weighted by molar-refractivity contribution is 5.21. The summed E-state index contributed by atoms with van der Waals surface area (Å²) in [5.74, 6) is 0. The van der Waals surface area contributed by atoms with E-state index in [-0.39, 0.29) is 5.41 Å². The second-order valence-corrected chi connectivity index (χ2v) is 4.77. The van der Waals surface area contributed by atoms with Gasteiger partial charge in [-0.3, -0.25) is 4.98 Å². The molecule has 1 aromatic heterocycles. The lowest BCUT2D eigenvalue weighted by molar-refractivity contribution is 0.467. The molecule has 1 aliphatic rings. The van der Waals surface area contributed by atoms with Crippen LogP contribution >= 0.6 is 0 Å². The molecule has 0 aliphatic heterocycles. The summed E-state index contributed by atoms with van der Waals surface area (Å²) in [4.78, 5) is 4.05. The lowest BCUT2D eigenvalue weighted by Crippen LogP contribution is -2.34. The average Bonchev–Trinajstić information content (AvgIpc) is 3.00. The van der Waals surface area contributed by atoms with Crippen LogP contribution in [0.15, 0.2) is 24.5 Å². The first kappa shape index (κ1) is 9.66. The normalized spacial score (nSPS) is 17.0. The highest BCUT2D eigenvalue weighted by Crippen LogP contribution is 2.24. The van der Waals surface area contributed by atoms with Gasteiger partial charge >= 0.3 is 0 Å². The summed E-state index contributed by atoms with van der Waals surface area (Å²) >= 11 is 0. The molecule has 0 unspecified atom stereocenters. The third-order valence-electron chi connectivity index (χ3n) is 2.87. The topological polar surface area (TPSA) is 24.9 Å². The molecule has 0 aromatic carbocycles. The van der Waals surface area contributed by atoms with Gasteiger partial charge < -0.3 is 5.32 Å². The van der Waals surface area contributed by atoms with Crippen molar-refractivity contribution >= 4 is 0 Å². The number of nitrogens with one attached hydrogen (secondary N) is 1. The molecule has 0 amide bonds. The second kappa shape index (κ2) is 3.70. The van der Waals surface area contributed by atoms with Crippen molar-refractivity contribution in [3.63, 3.8) is 0 Å². The summed E-state index contributed by atoms with van der Waals surface area (Å²) in [5, 5.41) is 3.57. The molecule has 0 atom stereocenters. The van der Waals surface area contributed by atoms with E-state index in [1.807, 2.05) is 12.4 Å². The van der Waals surface area contributed by atoms with Gasteiger partial charge in [0, 0.05) is 30.4 Å². The van der Waals surface area contributed by atoms with Gasteiger partial charge in [0.2, 0.25) is 0 Å². The van der Waals surface area contributed by atoms with Crippen molar-refractivity contribution in [3.8, 4) is 0 Å². The zero-order valence-corrected chi connectivity index (χ0v) is 8.96. The molecule has 1 heterocycles. The Hall–Kier alpha value is -0.890. The molecule has 1 fully saturated rings. The van der Waals surface area contributed by atoms with Gasteiger partial charge in [-0.05, 0) is 30.5 Å². The summed E-state index contributed by atoms with van der Waals surface area (Å²) in [7, 11) is 0. The second-order valence-electron chi connectivity index (χ2n) is 4.77. The van der Waals surface area contributed by atoms with Crippen molar-refractivity contribution in [2.45, 2.75) is 38.1 Å². The van der Waals surface area contributed by atoms with E-state index >= 15 is 0 Å². The minimum absolute atomic E-state index is 0.214. The summed E-state index contributed by atoms with van der Waals surface area (Å²) in [5.41, 5.74) is 1.58. The van der Waals surface area contributed by atoms with E-state index in [9.17, 15) is 0 Å². The summed E-state index contributed by atoms with van der Waals surface area (Å²) in [6, 6.07) is 5.00. The van der Waals surface area contributed by atoms with Crippen LogP contribution < -0.4 is 5.32 Å². The Bertz CT molecular complexity index is 288. The molecule has 0 saturated heterocycles. The number of hydrogen-bond donors (Lipinski definition) is 1. The first-order valence-corrected chi connectivity index (χ1v) is 5.32. The van der Waals surface area contributed by atoms with Gasteiger partial charge in [0.15, 0.2) is 0 Å². The van der Waals surface area contributed by atoms with Crippen molar-refractivity contribution in [2.75, 3.05) is 6.54 Å². The molecule has 2 rings (SSSR count). The van der Waals surface area contributed by atoms with E-state index in [1.54, 1.807) is 0 Å². The van der Waals surface area contributed by atoms with Crippen LogP contribution in [0.1, 0.15) is 32.3 Å². The Kier molecular flexibility index (Phi) is 2.55. The van der Waals surface area contributed by atoms with E-state index in [2.05, 4.69) is 36.3 Å². The van der Waals surface area contributed by atoms with Crippen LogP contribution in [0.25, 0.3) is 0 Å². The van der Waals surface area contributed by atoms with Crippen LogP contribution in [0, 0.1) is 0 Å². The van der Waals surface area contributed by atoms with Crippen LogP contribution in [-0.2, 0) is 5.41 Å². The molecule has 0 radical (unpaired) electrons. The van der Waals surface area contributed by atoms with Gasteiger partial charge in [0.1, 0.15) is 0 Å². The molecule has 1 N–H and O–H groups in total. The van der Waals surface area contributed by atoms with E-state index in [1.165, 1.54) is 18.4 Å². The zero-order valence-electron chi connectivity index (χ0n) is 8.96. The van der Waals surface area contributed by atoms with E-state index in [0.717, 1.165) is 12.6 Å². The third-order valence-corrected chi connectivity index (χ3v) is 2.87. The molecule has 0 bridgehead atoms. The van der Waals surface area contributed by atoms with Gasteiger partial charge in [-0.25, -0.2) is 0 Å².